The molecule has 38 heavy (non-hydrogen) atoms. The highest BCUT2D eigenvalue weighted by molar-refractivity contribution is 5.92. The standard InChI is InChI=1S/C28H29N3O7/c1-5-36-25-16-19(6-15-24(25)38-27(33)20-7-11-22(12-8-20)31(34)35)17-29-30-26(32)18-37-23-13-9-21(10-14-23)28(2,3)4/h6-17H,5,18H2,1-4H3,(H,30,32)/b29-17-. The van der Waals surface area contributed by atoms with Crippen LogP contribution in [-0.2, 0) is 10.2 Å². The number of nitrogens with one attached hydrogen (secondary N) is 1. The molecule has 10 nitrogen and oxygen atoms in total. The van der Waals surface area contributed by atoms with E-state index in [1.54, 1.807) is 19.1 Å². The Morgan fingerprint density at radius 1 is 0.974 bits per heavy atom. The van der Waals surface area contributed by atoms with Crippen LogP contribution in [0.25, 0.3) is 0 Å². The molecular formula is C28H29N3O7. The van der Waals surface area contributed by atoms with Gasteiger partial charge in [0.2, 0.25) is 0 Å². The number of nitrogens with zero attached hydrogens (tertiary/aromatic N) is 2. The molecule has 0 aliphatic carbocycles. The fraction of sp³-hybridized carbons (Fsp3) is 0.250. The number of esters is 1. The molecule has 0 aromatic heterocycles. The Hall–Kier alpha value is -4.73. The number of benzene rings is 3. The number of hydrogen-bond acceptors (Lipinski definition) is 8. The van der Waals surface area contributed by atoms with Gasteiger partial charge < -0.3 is 14.2 Å². The molecule has 198 valence electrons. The van der Waals surface area contributed by atoms with Crippen LogP contribution in [0.4, 0.5) is 5.69 Å². The van der Waals surface area contributed by atoms with Crippen LogP contribution in [0.3, 0.4) is 0 Å². The van der Waals surface area contributed by atoms with Crippen molar-refractivity contribution >= 4 is 23.8 Å². The summed E-state index contributed by atoms with van der Waals surface area (Å²) in [5.41, 5.74) is 4.20. The average Bonchev–Trinajstić information content (AvgIpc) is 2.88. The number of non-ortho nitro benzene ring substituents is 1. The highest BCUT2D eigenvalue weighted by Crippen LogP contribution is 2.29. The Balaban J connectivity index is 1.57. The molecule has 0 radical (unpaired) electrons. The Morgan fingerprint density at radius 2 is 1.66 bits per heavy atom. The van der Waals surface area contributed by atoms with Crippen molar-refractivity contribution < 1.29 is 28.7 Å². The molecule has 0 fully saturated rings. The monoisotopic (exact) mass is 519 g/mol. The first-order valence-electron chi connectivity index (χ1n) is 11.9. The van der Waals surface area contributed by atoms with E-state index >= 15 is 0 Å². The van der Waals surface area contributed by atoms with Gasteiger partial charge in [-0.3, -0.25) is 14.9 Å². The molecule has 1 amide bonds. The number of hydrazone groups is 1. The smallest absolute Gasteiger partial charge is 0.343 e. The van der Waals surface area contributed by atoms with Gasteiger partial charge in [0.1, 0.15) is 5.75 Å². The van der Waals surface area contributed by atoms with E-state index in [1.165, 1.54) is 36.5 Å². The summed E-state index contributed by atoms with van der Waals surface area (Å²) < 4.78 is 16.5. The lowest BCUT2D eigenvalue weighted by Gasteiger charge is -2.19. The zero-order chi connectivity index (χ0) is 27.7. The van der Waals surface area contributed by atoms with Gasteiger partial charge in [0.05, 0.1) is 23.3 Å². The molecule has 0 aliphatic heterocycles. The second-order valence-corrected chi connectivity index (χ2v) is 9.19. The second kappa shape index (κ2) is 12.5. The van der Waals surface area contributed by atoms with Gasteiger partial charge in [-0.15, -0.1) is 0 Å². The number of rotatable bonds is 10. The molecule has 0 atom stereocenters. The molecule has 3 aromatic carbocycles. The molecular weight excluding hydrogens is 490 g/mol. The minimum Gasteiger partial charge on any atom is -0.490 e. The maximum absolute atomic E-state index is 12.5. The zero-order valence-electron chi connectivity index (χ0n) is 21.6. The molecule has 0 saturated carbocycles. The number of carbonyl (C=O) groups excluding carboxylic acids is 2. The number of ether oxygens (including phenoxy) is 3. The van der Waals surface area contributed by atoms with Crippen molar-refractivity contribution in [3.05, 3.63) is 93.5 Å². The number of nitro groups is 1. The molecule has 0 saturated heterocycles. The van der Waals surface area contributed by atoms with Crippen LogP contribution in [0.2, 0.25) is 0 Å². The summed E-state index contributed by atoms with van der Waals surface area (Å²) in [5.74, 6) is -0.0814. The zero-order valence-corrected chi connectivity index (χ0v) is 21.6. The molecule has 0 bridgehead atoms. The van der Waals surface area contributed by atoms with E-state index in [9.17, 15) is 19.7 Å². The summed E-state index contributed by atoms with van der Waals surface area (Å²) in [7, 11) is 0. The fourth-order valence-corrected chi connectivity index (χ4v) is 3.25. The van der Waals surface area contributed by atoms with Crippen molar-refractivity contribution in [3.8, 4) is 17.2 Å². The van der Waals surface area contributed by atoms with Gasteiger partial charge in [-0.25, -0.2) is 10.2 Å². The van der Waals surface area contributed by atoms with Crippen LogP contribution in [0.15, 0.2) is 71.8 Å². The fourth-order valence-electron chi connectivity index (χ4n) is 3.25. The van der Waals surface area contributed by atoms with Crippen LogP contribution in [0.1, 0.15) is 49.2 Å². The van der Waals surface area contributed by atoms with Gasteiger partial charge in [0.15, 0.2) is 18.1 Å². The van der Waals surface area contributed by atoms with Gasteiger partial charge >= 0.3 is 5.97 Å². The molecule has 3 aromatic rings. The van der Waals surface area contributed by atoms with E-state index in [2.05, 4.69) is 31.3 Å². The minimum atomic E-state index is -0.692. The SMILES string of the molecule is CCOc1cc(/C=N\NC(=O)COc2ccc(C(C)(C)C)cc2)ccc1OC(=O)c1ccc([N+](=O)[O-])cc1. The summed E-state index contributed by atoms with van der Waals surface area (Å²) >= 11 is 0. The van der Waals surface area contributed by atoms with Crippen molar-refractivity contribution in [2.24, 2.45) is 5.10 Å². The predicted molar refractivity (Wildman–Crippen MR) is 142 cm³/mol. The first-order valence-corrected chi connectivity index (χ1v) is 11.9. The highest BCUT2D eigenvalue weighted by atomic mass is 16.6. The Labute approximate surface area is 220 Å². The summed E-state index contributed by atoms with van der Waals surface area (Å²) in [6.07, 6.45) is 1.42. The summed E-state index contributed by atoms with van der Waals surface area (Å²) in [4.78, 5) is 34.8. The van der Waals surface area contributed by atoms with E-state index in [0.29, 0.717) is 23.7 Å². The Kier molecular flexibility index (Phi) is 9.15. The first kappa shape index (κ1) is 27.9. The summed E-state index contributed by atoms with van der Waals surface area (Å²) in [5, 5.41) is 14.7. The quantitative estimate of drug-likeness (QED) is 0.131. The summed E-state index contributed by atoms with van der Waals surface area (Å²) in [6.45, 7) is 8.25. The van der Waals surface area contributed by atoms with Gasteiger partial charge in [0.25, 0.3) is 11.6 Å². The third-order valence-electron chi connectivity index (χ3n) is 5.28. The van der Waals surface area contributed by atoms with Crippen molar-refractivity contribution in [2.45, 2.75) is 33.1 Å². The third-order valence-corrected chi connectivity index (χ3v) is 5.28. The normalized spacial score (nSPS) is 11.2. The number of nitro benzene ring substituents is 1. The lowest BCUT2D eigenvalue weighted by Crippen LogP contribution is -2.24. The van der Waals surface area contributed by atoms with Crippen molar-refractivity contribution in [1.29, 1.82) is 0 Å². The molecule has 0 aliphatic rings. The molecule has 10 heteroatoms. The first-order chi connectivity index (χ1) is 18.1. The van der Waals surface area contributed by atoms with Gasteiger partial charge in [-0.05, 0) is 65.9 Å². The van der Waals surface area contributed by atoms with E-state index < -0.39 is 16.8 Å². The maximum Gasteiger partial charge on any atom is 0.343 e. The van der Waals surface area contributed by atoms with E-state index in [-0.39, 0.29) is 29.0 Å². The molecule has 3 rings (SSSR count). The number of hydrogen-bond donors (Lipinski definition) is 1. The second-order valence-electron chi connectivity index (χ2n) is 9.19. The van der Waals surface area contributed by atoms with Crippen molar-refractivity contribution in [1.82, 2.24) is 5.43 Å². The van der Waals surface area contributed by atoms with Gasteiger partial charge in [0, 0.05) is 12.1 Å². The highest BCUT2D eigenvalue weighted by Gasteiger charge is 2.15. The van der Waals surface area contributed by atoms with Crippen molar-refractivity contribution in [3.63, 3.8) is 0 Å². The third kappa shape index (κ3) is 7.89. The van der Waals surface area contributed by atoms with Crippen molar-refractivity contribution in [2.75, 3.05) is 13.2 Å². The van der Waals surface area contributed by atoms with E-state index in [4.69, 9.17) is 14.2 Å². The lowest BCUT2D eigenvalue weighted by atomic mass is 9.87. The van der Waals surface area contributed by atoms with Crippen LogP contribution >= 0.6 is 0 Å². The van der Waals surface area contributed by atoms with E-state index in [1.807, 2.05) is 24.3 Å². The molecule has 0 heterocycles. The molecule has 0 unspecified atom stereocenters. The minimum absolute atomic E-state index is 0.0275. The molecule has 0 spiro atoms. The molecule has 1 N–H and O–H groups in total. The van der Waals surface area contributed by atoms with Crippen LogP contribution < -0.4 is 19.6 Å². The van der Waals surface area contributed by atoms with Crippen LogP contribution in [0.5, 0.6) is 17.2 Å². The van der Waals surface area contributed by atoms with E-state index in [0.717, 1.165) is 5.56 Å². The predicted octanol–water partition coefficient (Wildman–Crippen LogP) is 5.04. The lowest BCUT2D eigenvalue weighted by molar-refractivity contribution is -0.384. The topological polar surface area (TPSA) is 129 Å². The Bertz CT molecular complexity index is 1310. The maximum atomic E-state index is 12.5. The summed E-state index contributed by atoms with van der Waals surface area (Å²) in [6, 6.07) is 17.4. The van der Waals surface area contributed by atoms with Gasteiger partial charge in [-0.2, -0.15) is 5.10 Å². The number of carbonyl (C=O) groups is 2. The Morgan fingerprint density at radius 3 is 2.26 bits per heavy atom. The van der Waals surface area contributed by atoms with Crippen LogP contribution in [0, 0.1) is 10.1 Å². The number of amides is 1. The largest absolute Gasteiger partial charge is 0.490 e. The van der Waals surface area contributed by atoms with Crippen LogP contribution in [-0.4, -0.2) is 36.2 Å². The van der Waals surface area contributed by atoms with Gasteiger partial charge in [-0.1, -0.05) is 32.9 Å². The average molecular weight is 520 g/mol.